The van der Waals surface area contributed by atoms with E-state index in [2.05, 4.69) is 0 Å². The van der Waals surface area contributed by atoms with Crippen molar-refractivity contribution in [3.8, 4) is 0 Å². The summed E-state index contributed by atoms with van der Waals surface area (Å²) < 4.78 is 13.5. The topological polar surface area (TPSA) is 0 Å². The molecule has 0 aliphatic heterocycles. The molecule has 1 aromatic carbocycles. The van der Waals surface area contributed by atoms with E-state index in [4.69, 9.17) is 11.6 Å². The molecule has 3 heteroatoms. The number of aryl methyl sites for hydroxylation is 1. The molecule has 0 aliphatic carbocycles. The molecule has 1 unspecified atom stereocenters. The van der Waals surface area contributed by atoms with Crippen LogP contribution in [0, 0.1) is 12.7 Å². The van der Waals surface area contributed by atoms with Crippen molar-refractivity contribution in [1.82, 2.24) is 0 Å². The van der Waals surface area contributed by atoms with Crippen LogP contribution in [0.1, 0.15) is 20.7 Å². The monoisotopic (exact) mass is 240 g/mol. The predicted octanol–water partition coefficient (Wildman–Crippen LogP) is 4.52. The standard InChI is InChI=1S/C12H10ClFS/c1-8-6-7-11(15-8)12(13)9-4-2-3-5-10(9)14/h2-7,12H,1H3. The van der Waals surface area contributed by atoms with Gasteiger partial charge in [-0.05, 0) is 25.1 Å². The maximum atomic E-state index is 13.5. The lowest BCUT2D eigenvalue weighted by atomic mass is 10.1. The number of rotatable bonds is 2. The zero-order valence-electron chi connectivity index (χ0n) is 8.21. The lowest BCUT2D eigenvalue weighted by molar-refractivity contribution is 0.613. The molecule has 0 spiro atoms. The van der Waals surface area contributed by atoms with Gasteiger partial charge in [-0.15, -0.1) is 22.9 Å². The molecule has 1 heterocycles. The van der Waals surface area contributed by atoms with Crippen molar-refractivity contribution in [2.75, 3.05) is 0 Å². The molecular weight excluding hydrogens is 231 g/mol. The molecular formula is C12H10ClFS. The highest BCUT2D eigenvalue weighted by Crippen LogP contribution is 2.34. The van der Waals surface area contributed by atoms with Crippen LogP contribution in [-0.2, 0) is 0 Å². The first-order chi connectivity index (χ1) is 7.18. The molecule has 15 heavy (non-hydrogen) atoms. The molecule has 0 saturated carbocycles. The van der Waals surface area contributed by atoms with Crippen LogP contribution in [0.15, 0.2) is 36.4 Å². The number of hydrogen-bond acceptors (Lipinski definition) is 1. The summed E-state index contributed by atoms with van der Waals surface area (Å²) in [4.78, 5) is 2.17. The molecule has 78 valence electrons. The van der Waals surface area contributed by atoms with Crippen LogP contribution in [0.3, 0.4) is 0 Å². The third-order valence-corrected chi connectivity index (χ3v) is 3.85. The van der Waals surface area contributed by atoms with Crippen LogP contribution in [0.25, 0.3) is 0 Å². The smallest absolute Gasteiger partial charge is 0.128 e. The van der Waals surface area contributed by atoms with E-state index < -0.39 is 0 Å². The van der Waals surface area contributed by atoms with E-state index in [1.165, 1.54) is 10.9 Å². The molecule has 0 radical (unpaired) electrons. The summed E-state index contributed by atoms with van der Waals surface area (Å²) >= 11 is 7.82. The van der Waals surface area contributed by atoms with Crippen LogP contribution in [0.5, 0.6) is 0 Å². The van der Waals surface area contributed by atoms with E-state index in [9.17, 15) is 4.39 Å². The fourth-order valence-electron chi connectivity index (χ4n) is 1.42. The van der Waals surface area contributed by atoms with E-state index in [0.717, 1.165) is 4.88 Å². The molecule has 1 aromatic heterocycles. The number of alkyl halides is 1. The van der Waals surface area contributed by atoms with E-state index in [1.807, 2.05) is 19.1 Å². The Hall–Kier alpha value is -0.860. The zero-order valence-corrected chi connectivity index (χ0v) is 9.78. The minimum absolute atomic E-state index is 0.247. The van der Waals surface area contributed by atoms with Gasteiger partial charge in [0.1, 0.15) is 5.82 Å². The van der Waals surface area contributed by atoms with Gasteiger partial charge in [0.25, 0.3) is 0 Å². The normalized spacial score (nSPS) is 12.7. The van der Waals surface area contributed by atoms with Gasteiger partial charge >= 0.3 is 0 Å². The molecule has 0 amide bonds. The summed E-state index contributed by atoms with van der Waals surface area (Å²) in [5.74, 6) is -0.247. The summed E-state index contributed by atoms with van der Waals surface area (Å²) in [6, 6.07) is 10.6. The maximum Gasteiger partial charge on any atom is 0.128 e. The Morgan fingerprint density at radius 2 is 1.93 bits per heavy atom. The number of thiophene rings is 1. The van der Waals surface area contributed by atoms with Crippen LogP contribution < -0.4 is 0 Å². The Labute approximate surface area is 97.3 Å². The molecule has 0 N–H and O–H groups in total. The first-order valence-corrected chi connectivity index (χ1v) is 5.88. The predicted molar refractivity (Wildman–Crippen MR) is 63.2 cm³/mol. The average molecular weight is 241 g/mol. The molecule has 0 nitrogen and oxygen atoms in total. The number of benzene rings is 1. The molecule has 0 fully saturated rings. The Balaban J connectivity index is 2.36. The maximum absolute atomic E-state index is 13.5. The molecule has 0 bridgehead atoms. The van der Waals surface area contributed by atoms with Gasteiger partial charge in [-0.1, -0.05) is 18.2 Å². The second-order valence-corrected chi connectivity index (χ2v) is 5.09. The summed E-state index contributed by atoms with van der Waals surface area (Å²) in [5, 5.41) is -0.384. The summed E-state index contributed by atoms with van der Waals surface area (Å²) in [5.41, 5.74) is 0.543. The van der Waals surface area contributed by atoms with Gasteiger partial charge in [0.2, 0.25) is 0 Å². The lowest BCUT2D eigenvalue weighted by Gasteiger charge is -2.08. The molecule has 2 rings (SSSR count). The second-order valence-electron chi connectivity index (χ2n) is 3.33. The van der Waals surface area contributed by atoms with Gasteiger partial charge in [-0.25, -0.2) is 4.39 Å². The Bertz CT molecular complexity index is 464. The number of hydrogen-bond donors (Lipinski definition) is 0. The fraction of sp³-hybridized carbons (Fsp3) is 0.167. The molecule has 1 atom stereocenters. The van der Waals surface area contributed by atoms with Gasteiger partial charge in [-0.3, -0.25) is 0 Å². The highest BCUT2D eigenvalue weighted by atomic mass is 35.5. The van der Waals surface area contributed by atoms with Crippen molar-refractivity contribution in [1.29, 1.82) is 0 Å². The molecule has 2 aromatic rings. The van der Waals surface area contributed by atoms with Gasteiger partial charge in [0.15, 0.2) is 0 Å². The molecule has 0 saturated heterocycles. The van der Waals surface area contributed by atoms with Crippen molar-refractivity contribution in [3.63, 3.8) is 0 Å². The van der Waals surface area contributed by atoms with Crippen molar-refractivity contribution < 1.29 is 4.39 Å². The summed E-state index contributed by atoms with van der Waals surface area (Å²) in [7, 11) is 0. The Kier molecular flexibility index (Phi) is 3.08. The zero-order chi connectivity index (χ0) is 10.8. The van der Waals surface area contributed by atoms with Crippen LogP contribution in [0.4, 0.5) is 4.39 Å². The third-order valence-electron chi connectivity index (χ3n) is 2.19. The van der Waals surface area contributed by atoms with Crippen molar-refractivity contribution in [2.45, 2.75) is 12.3 Å². The van der Waals surface area contributed by atoms with E-state index in [1.54, 1.807) is 29.5 Å². The highest BCUT2D eigenvalue weighted by Gasteiger charge is 2.15. The van der Waals surface area contributed by atoms with E-state index in [-0.39, 0.29) is 11.2 Å². The summed E-state index contributed by atoms with van der Waals surface area (Å²) in [6.45, 7) is 2.01. The minimum atomic E-state index is -0.384. The summed E-state index contributed by atoms with van der Waals surface area (Å²) in [6.07, 6.45) is 0. The van der Waals surface area contributed by atoms with Crippen molar-refractivity contribution >= 4 is 22.9 Å². The average Bonchev–Trinajstić information content (AvgIpc) is 2.65. The first-order valence-electron chi connectivity index (χ1n) is 4.63. The van der Waals surface area contributed by atoms with Crippen LogP contribution >= 0.6 is 22.9 Å². The van der Waals surface area contributed by atoms with Gasteiger partial charge in [0, 0.05) is 15.3 Å². The number of halogens is 2. The Morgan fingerprint density at radius 3 is 2.53 bits per heavy atom. The third kappa shape index (κ3) is 2.21. The quantitative estimate of drug-likeness (QED) is 0.677. The second kappa shape index (κ2) is 4.33. The Morgan fingerprint density at radius 1 is 1.20 bits per heavy atom. The largest absolute Gasteiger partial charge is 0.207 e. The molecule has 0 aliphatic rings. The van der Waals surface area contributed by atoms with Gasteiger partial charge in [-0.2, -0.15) is 0 Å². The van der Waals surface area contributed by atoms with Crippen LogP contribution in [0.2, 0.25) is 0 Å². The van der Waals surface area contributed by atoms with Gasteiger partial charge < -0.3 is 0 Å². The SMILES string of the molecule is Cc1ccc(C(Cl)c2ccccc2F)s1. The van der Waals surface area contributed by atoms with E-state index in [0.29, 0.717) is 5.56 Å². The van der Waals surface area contributed by atoms with E-state index >= 15 is 0 Å². The van der Waals surface area contributed by atoms with Crippen LogP contribution in [-0.4, -0.2) is 0 Å². The first kappa shape index (κ1) is 10.7. The van der Waals surface area contributed by atoms with Crippen molar-refractivity contribution in [2.24, 2.45) is 0 Å². The van der Waals surface area contributed by atoms with Crippen molar-refractivity contribution in [3.05, 3.63) is 57.5 Å². The van der Waals surface area contributed by atoms with Gasteiger partial charge in [0.05, 0.1) is 5.38 Å². The highest BCUT2D eigenvalue weighted by molar-refractivity contribution is 7.12. The fourth-order valence-corrected chi connectivity index (χ4v) is 2.68. The minimum Gasteiger partial charge on any atom is -0.207 e. The lowest BCUT2D eigenvalue weighted by Crippen LogP contribution is -1.93.